The second-order valence-electron chi connectivity index (χ2n) is 6.49. The highest BCUT2D eigenvalue weighted by Gasteiger charge is 2.16. The first-order valence-electron chi connectivity index (χ1n) is 7.91. The molecule has 0 saturated carbocycles. The van der Waals surface area contributed by atoms with Crippen molar-refractivity contribution >= 4 is 0 Å². The van der Waals surface area contributed by atoms with Crippen LogP contribution in [0.3, 0.4) is 0 Å². The van der Waals surface area contributed by atoms with Gasteiger partial charge in [-0.1, -0.05) is 35.9 Å². The molecule has 0 aliphatic heterocycles. The Balaban J connectivity index is 1.85. The Bertz CT molecular complexity index is 647. The van der Waals surface area contributed by atoms with Crippen LogP contribution in [-0.4, -0.2) is 5.11 Å². The van der Waals surface area contributed by atoms with Gasteiger partial charge in [0.15, 0.2) is 0 Å². The molecule has 1 heteroatoms. The van der Waals surface area contributed by atoms with Crippen molar-refractivity contribution in [2.75, 3.05) is 0 Å². The largest absolute Gasteiger partial charge is 0.388 e. The summed E-state index contributed by atoms with van der Waals surface area (Å²) in [7, 11) is 0. The standard InChI is InChI=1S/C20H24O/c1-13-9-14(2)20(15(3)10-13)19(21)12-16-7-8-17-5-4-6-18(17)11-16/h7-11,19,21H,4-6,12H2,1-3H3. The molecule has 1 nitrogen and oxygen atoms in total. The zero-order chi connectivity index (χ0) is 15.0. The first kappa shape index (κ1) is 14.3. The van der Waals surface area contributed by atoms with E-state index in [1.54, 1.807) is 0 Å². The van der Waals surface area contributed by atoms with Gasteiger partial charge >= 0.3 is 0 Å². The van der Waals surface area contributed by atoms with Crippen molar-refractivity contribution in [1.82, 2.24) is 0 Å². The number of fused-ring (bicyclic) bond motifs is 1. The third-order valence-corrected chi connectivity index (χ3v) is 4.66. The Morgan fingerprint density at radius 2 is 1.62 bits per heavy atom. The van der Waals surface area contributed by atoms with E-state index in [1.165, 1.54) is 52.6 Å². The minimum atomic E-state index is -0.412. The molecule has 0 amide bonds. The molecule has 0 radical (unpaired) electrons. The maximum absolute atomic E-state index is 10.7. The highest BCUT2D eigenvalue weighted by atomic mass is 16.3. The van der Waals surface area contributed by atoms with Gasteiger partial charge in [-0.2, -0.15) is 0 Å². The lowest BCUT2D eigenvalue weighted by Gasteiger charge is -2.18. The minimum Gasteiger partial charge on any atom is -0.388 e. The molecule has 0 fully saturated rings. The van der Waals surface area contributed by atoms with Gasteiger partial charge in [0.2, 0.25) is 0 Å². The Hall–Kier alpha value is -1.60. The predicted octanol–water partition coefficient (Wildman–Crippen LogP) is 4.38. The normalized spacial score (nSPS) is 15.0. The minimum absolute atomic E-state index is 0.412. The molecule has 3 rings (SSSR count). The average molecular weight is 280 g/mol. The van der Waals surface area contributed by atoms with Gasteiger partial charge in [0, 0.05) is 6.42 Å². The lowest BCUT2D eigenvalue weighted by molar-refractivity contribution is 0.177. The van der Waals surface area contributed by atoms with Gasteiger partial charge in [0.1, 0.15) is 0 Å². The van der Waals surface area contributed by atoms with E-state index >= 15 is 0 Å². The van der Waals surface area contributed by atoms with E-state index in [4.69, 9.17) is 0 Å². The molecule has 1 unspecified atom stereocenters. The molecule has 0 spiro atoms. The fourth-order valence-electron chi connectivity index (χ4n) is 3.79. The monoisotopic (exact) mass is 280 g/mol. The number of aliphatic hydroxyl groups excluding tert-OH is 1. The van der Waals surface area contributed by atoms with Gasteiger partial charge in [-0.3, -0.25) is 0 Å². The molecule has 1 atom stereocenters. The predicted molar refractivity (Wildman–Crippen MR) is 87.8 cm³/mol. The van der Waals surface area contributed by atoms with Gasteiger partial charge in [-0.05, 0) is 73.4 Å². The summed E-state index contributed by atoms with van der Waals surface area (Å²) in [5.74, 6) is 0. The maximum atomic E-state index is 10.7. The van der Waals surface area contributed by atoms with Crippen LogP contribution in [0.4, 0.5) is 0 Å². The quantitative estimate of drug-likeness (QED) is 0.884. The fourth-order valence-corrected chi connectivity index (χ4v) is 3.79. The van der Waals surface area contributed by atoms with E-state index in [9.17, 15) is 5.11 Å². The van der Waals surface area contributed by atoms with Crippen LogP contribution in [-0.2, 0) is 19.3 Å². The van der Waals surface area contributed by atoms with Crippen molar-refractivity contribution in [1.29, 1.82) is 0 Å². The van der Waals surface area contributed by atoms with Crippen molar-refractivity contribution in [3.05, 3.63) is 69.3 Å². The summed E-state index contributed by atoms with van der Waals surface area (Å²) in [4.78, 5) is 0. The number of rotatable bonds is 3. The van der Waals surface area contributed by atoms with E-state index in [0.717, 1.165) is 5.56 Å². The van der Waals surface area contributed by atoms with Crippen molar-refractivity contribution in [3.8, 4) is 0 Å². The first-order chi connectivity index (χ1) is 10.0. The number of benzene rings is 2. The van der Waals surface area contributed by atoms with Crippen molar-refractivity contribution in [2.24, 2.45) is 0 Å². The number of hydrogen-bond acceptors (Lipinski definition) is 1. The fraction of sp³-hybridized carbons (Fsp3) is 0.400. The third-order valence-electron chi connectivity index (χ3n) is 4.66. The maximum Gasteiger partial charge on any atom is 0.0835 e. The van der Waals surface area contributed by atoms with E-state index in [1.807, 2.05) is 0 Å². The third kappa shape index (κ3) is 2.89. The smallest absolute Gasteiger partial charge is 0.0835 e. The van der Waals surface area contributed by atoms with Crippen LogP contribution in [0.2, 0.25) is 0 Å². The molecule has 0 aromatic heterocycles. The highest BCUT2D eigenvalue weighted by Crippen LogP contribution is 2.28. The molecule has 0 bridgehead atoms. The number of hydrogen-bond donors (Lipinski definition) is 1. The van der Waals surface area contributed by atoms with Crippen LogP contribution in [0, 0.1) is 20.8 Å². The lowest BCUT2D eigenvalue weighted by Crippen LogP contribution is -2.07. The zero-order valence-corrected chi connectivity index (χ0v) is 13.2. The molecule has 1 aliphatic carbocycles. The number of aryl methyl sites for hydroxylation is 5. The molecule has 1 aliphatic rings. The number of aliphatic hydroxyl groups is 1. The summed E-state index contributed by atoms with van der Waals surface area (Å²) in [6, 6.07) is 11.1. The summed E-state index contributed by atoms with van der Waals surface area (Å²) < 4.78 is 0. The van der Waals surface area contributed by atoms with Gasteiger partial charge in [-0.25, -0.2) is 0 Å². The molecule has 2 aromatic rings. The molecule has 21 heavy (non-hydrogen) atoms. The summed E-state index contributed by atoms with van der Waals surface area (Å²) in [6.07, 6.45) is 3.98. The van der Waals surface area contributed by atoms with Crippen molar-refractivity contribution in [2.45, 2.75) is 52.6 Å². The Morgan fingerprint density at radius 3 is 2.33 bits per heavy atom. The second kappa shape index (κ2) is 5.65. The van der Waals surface area contributed by atoms with Gasteiger partial charge in [0.25, 0.3) is 0 Å². The van der Waals surface area contributed by atoms with E-state index in [0.29, 0.717) is 6.42 Å². The van der Waals surface area contributed by atoms with Crippen molar-refractivity contribution < 1.29 is 5.11 Å². The average Bonchev–Trinajstić information content (AvgIpc) is 2.84. The summed E-state index contributed by atoms with van der Waals surface area (Å²) in [5.41, 5.74) is 8.98. The second-order valence-corrected chi connectivity index (χ2v) is 6.49. The van der Waals surface area contributed by atoms with E-state index in [2.05, 4.69) is 51.1 Å². The molecular weight excluding hydrogens is 256 g/mol. The van der Waals surface area contributed by atoms with Crippen LogP contribution < -0.4 is 0 Å². The molecule has 2 aromatic carbocycles. The SMILES string of the molecule is Cc1cc(C)c(C(O)Cc2ccc3c(c2)CCC3)c(C)c1. The Labute approximate surface area is 127 Å². The van der Waals surface area contributed by atoms with Crippen LogP contribution in [0.1, 0.15) is 51.5 Å². The lowest BCUT2D eigenvalue weighted by atomic mass is 9.91. The van der Waals surface area contributed by atoms with Gasteiger partial charge in [-0.15, -0.1) is 0 Å². The zero-order valence-electron chi connectivity index (χ0n) is 13.2. The summed E-state index contributed by atoms with van der Waals surface area (Å²) in [5, 5.41) is 10.7. The van der Waals surface area contributed by atoms with E-state index in [-0.39, 0.29) is 0 Å². The summed E-state index contributed by atoms with van der Waals surface area (Å²) >= 11 is 0. The first-order valence-corrected chi connectivity index (χ1v) is 7.91. The Morgan fingerprint density at radius 1 is 0.952 bits per heavy atom. The highest BCUT2D eigenvalue weighted by molar-refractivity contribution is 5.41. The molecule has 1 N–H and O–H groups in total. The Kier molecular flexibility index (Phi) is 3.86. The molecular formula is C20H24O. The van der Waals surface area contributed by atoms with E-state index < -0.39 is 6.10 Å². The van der Waals surface area contributed by atoms with Gasteiger partial charge in [0.05, 0.1) is 6.10 Å². The molecule has 0 saturated heterocycles. The van der Waals surface area contributed by atoms with Crippen molar-refractivity contribution in [3.63, 3.8) is 0 Å². The van der Waals surface area contributed by atoms with Crippen LogP contribution >= 0.6 is 0 Å². The molecule has 110 valence electrons. The summed E-state index contributed by atoms with van der Waals surface area (Å²) in [6.45, 7) is 6.30. The topological polar surface area (TPSA) is 20.2 Å². The molecule has 0 heterocycles. The van der Waals surface area contributed by atoms with Gasteiger partial charge < -0.3 is 5.11 Å². The van der Waals surface area contributed by atoms with Crippen LogP contribution in [0.15, 0.2) is 30.3 Å². The van der Waals surface area contributed by atoms with Crippen LogP contribution in [0.5, 0.6) is 0 Å². The van der Waals surface area contributed by atoms with Crippen LogP contribution in [0.25, 0.3) is 0 Å².